The van der Waals surface area contributed by atoms with Crippen molar-refractivity contribution in [2.45, 2.75) is 50.0 Å². The zero-order chi connectivity index (χ0) is 23.8. The number of urea groups is 1. The number of aromatic hydroxyl groups is 1. The van der Waals surface area contributed by atoms with Crippen LogP contribution >= 0.6 is 23.2 Å². The maximum absolute atomic E-state index is 12.9. The Morgan fingerprint density at radius 1 is 1.25 bits per heavy atom. The number of phenolic OH excluding ortho intramolecular Hbond substituents is 1. The van der Waals surface area contributed by atoms with Gasteiger partial charge in [-0.2, -0.15) is 0 Å². The highest BCUT2D eigenvalue weighted by molar-refractivity contribution is 7.90. The fourth-order valence-electron chi connectivity index (χ4n) is 4.03. The van der Waals surface area contributed by atoms with E-state index in [0.29, 0.717) is 36.5 Å². The molecule has 0 spiro atoms. The van der Waals surface area contributed by atoms with E-state index in [9.17, 15) is 24.7 Å². The largest absolute Gasteiger partial charge is 0.598 e. The van der Waals surface area contributed by atoms with E-state index in [1.54, 1.807) is 11.0 Å². The summed E-state index contributed by atoms with van der Waals surface area (Å²) in [4.78, 5) is 15.9. The summed E-state index contributed by atoms with van der Waals surface area (Å²) in [5, 5.41) is 30.2. The van der Waals surface area contributed by atoms with Crippen molar-refractivity contribution in [2.24, 2.45) is 5.92 Å². The van der Waals surface area contributed by atoms with Crippen molar-refractivity contribution in [3.8, 4) is 5.75 Å². The zero-order valence-electron chi connectivity index (χ0n) is 18.5. The molecule has 0 saturated carbocycles. The Bertz CT molecular complexity index is 839. The minimum Gasteiger partial charge on any atom is -0.598 e. The van der Waals surface area contributed by atoms with Crippen LogP contribution in [0.4, 0.5) is 4.79 Å². The Hall–Kier alpha value is -0.940. The molecule has 0 unspecified atom stereocenters. The molecule has 180 valence electrons. The lowest BCUT2D eigenvalue weighted by Crippen LogP contribution is -2.67. The molecule has 2 saturated heterocycles. The molecule has 0 aromatic heterocycles. The molecule has 4 N–H and O–H groups in total. The quantitative estimate of drug-likeness (QED) is 0.454. The van der Waals surface area contributed by atoms with Crippen molar-refractivity contribution in [1.29, 1.82) is 0 Å². The fraction of sp³-hybridized carbons (Fsp3) is 0.667. The lowest BCUT2D eigenvalue weighted by atomic mass is 9.85. The van der Waals surface area contributed by atoms with Gasteiger partial charge in [-0.25, -0.2) is 4.79 Å². The van der Waals surface area contributed by atoms with Crippen molar-refractivity contribution >= 4 is 40.6 Å². The number of benzene rings is 1. The van der Waals surface area contributed by atoms with Crippen LogP contribution in [0.2, 0.25) is 10.0 Å². The summed E-state index contributed by atoms with van der Waals surface area (Å²) in [6, 6.07) is 2.38. The Kier molecular flexibility index (Phi) is 7.81. The Balaban J connectivity index is 1.73. The molecule has 0 radical (unpaired) electrons. The smallest absolute Gasteiger partial charge is 0.320 e. The first kappa shape index (κ1) is 25.7. The Morgan fingerprint density at radius 2 is 1.81 bits per heavy atom. The summed E-state index contributed by atoms with van der Waals surface area (Å²) in [6.45, 7) is 6.43. The van der Waals surface area contributed by atoms with Crippen LogP contribution < -0.4 is 4.72 Å². The lowest BCUT2D eigenvalue weighted by Gasteiger charge is -2.48. The number of aliphatic hydroxyl groups is 2. The molecule has 2 aliphatic rings. The third-order valence-corrected chi connectivity index (χ3v) is 8.31. The van der Waals surface area contributed by atoms with Gasteiger partial charge in [0, 0.05) is 36.1 Å². The Morgan fingerprint density at radius 3 is 2.34 bits per heavy atom. The van der Waals surface area contributed by atoms with Gasteiger partial charge in [0.1, 0.15) is 16.1 Å². The van der Waals surface area contributed by atoms with Crippen LogP contribution in [0, 0.1) is 5.92 Å². The van der Waals surface area contributed by atoms with E-state index in [4.69, 9.17) is 23.2 Å². The number of carbonyl (C=O) groups is 1. The second-order valence-electron chi connectivity index (χ2n) is 9.65. The van der Waals surface area contributed by atoms with Gasteiger partial charge in [-0.05, 0) is 45.6 Å². The predicted molar refractivity (Wildman–Crippen MR) is 125 cm³/mol. The van der Waals surface area contributed by atoms with Gasteiger partial charge in [0.2, 0.25) is 0 Å². The summed E-state index contributed by atoms with van der Waals surface area (Å²) in [5.74, 6) is -0.0237. The monoisotopic (exact) mass is 507 g/mol. The van der Waals surface area contributed by atoms with E-state index in [0.717, 1.165) is 0 Å². The molecule has 2 atom stereocenters. The molecule has 2 fully saturated rings. The normalized spacial score (nSPS) is 21.2. The highest BCUT2D eigenvalue weighted by Crippen LogP contribution is 2.40. The van der Waals surface area contributed by atoms with Crippen LogP contribution in [0.25, 0.3) is 0 Å². The van der Waals surface area contributed by atoms with E-state index < -0.39 is 27.8 Å². The zero-order valence-corrected chi connectivity index (χ0v) is 20.8. The number of hydrogen-bond donors (Lipinski definition) is 4. The molecular formula is C21H31Cl2N3O5S. The first-order valence-electron chi connectivity index (χ1n) is 10.6. The molecule has 3 rings (SSSR count). The van der Waals surface area contributed by atoms with Gasteiger partial charge in [0.05, 0.1) is 35.8 Å². The average Bonchev–Trinajstić information content (AvgIpc) is 2.71. The second kappa shape index (κ2) is 9.74. The summed E-state index contributed by atoms with van der Waals surface area (Å²) < 4.78 is 15.6. The number of rotatable bonds is 5. The number of β-amino-alcohol motifs (C(OH)–C–C–N with tert-alkyl or cyclic N) is 1. The van der Waals surface area contributed by atoms with Gasteiger partial charge in [-0.1, -0.05) is 23.2 Å². The third-order valence-electron chi connectivity index (χ3n) is 6.01. The predicted octanol–water partition coefficient (Wildman–Crippen LogP) is 2.66. The van der Waals surface area contributed by atoms with E-state index in [2.05, 4.69) is 4.72 Å². The molecule has 11 heteroatoms. The molecule has 1 aromatic carbocycles. The van der Waals surface area contributed by atoms with E-state index >= 15 is 0 Å². The molecule has 1 aromatic rings. The van der Waals surface area contributed by atoms with Gasteiger partial charge in [-0.15, -0.1) is 4.72 Å². The van der Waals surface area contributed by atoms with Crippen LogP contribution in [-0.2, 0) is 11.4 Å². The topological polar surface area (TPSA) is 119 Å². The van der Waals surface area contributed by atoms with Crippen LogP contribution in [0.15, 0.2) is 12.1 Å². The van der Waals surface area contributed by atoms with Crippen LogP contribution in [0.3, 0.4) is 0 Å². The van der Waals surface area contributed by atoms with Gasteiger partial charge in [0.25, 0.3) is 0 Å². The maximum atomic E-state index is 12.9. The number of amides is 2. The molecule has 2 heterocycles. The van der Waals surface area contributed by atoms with Crippen molar-refractivity contribution in [2.75, 3.05) is 32.8 Å². The van der Waals surface area contributed by atoms with Crippen LogP contribution in [-0.4, -0.2) is 78.8 Å². The molecule has 8 nitrogen and oxygen atoms in total. The first-order valence-corrected chi connectivity index (χ1v) is 12.5. The number of carbonyl (C=O) groups excluding carboxylic acids is 1. The van der Waals surface area contributed by atoms with Gasteiger partial charge in [0.15, 0.2) is 0 Å². The standard InChI is InChI=1S/C21H31Cl2N3O5S/c1-20(2,3)32(31)24-18(14-8-15(22)16(23)9-17(14)28)13-4-6-25(7-5-13)19(29)26-10-21(30,11-26)12-27/h8-9,13,18,24,27-28,30H,4-7,10-12H2,1-3H3/t18-,32+/m1/s1. The maximum Gasteiger partial charge on any atom is 0.320 e. The van der Waals surface area contributed by atoms with Crippen molar-refractivity contribution in [3.63, 3.8) is 0 Å². The summed E-state index contributed by atoms with van der Waals surface area (Å²) >= 11 is 10.8. The van der Waals surface area contributed by atoms with E-state index in [-0.39, 0.29) is 42.4 Å². The highest BCUT2D eigenvalue weighted by atomic mass is 35.5. The highest BCUT2D eigenvalue weighted by Gasteiger charge is 2.45. The number of nitrogens with one attached hydrogen (secondary N) is 1. The molecule has 32 heavy (non-hydrogen) atoms. The van der Waals surface area contributed by atoms with Crippen LogP contribution in [0.1, 0.15) is 45.2 Å². The van der Waals surface area contributed by atoms with Gasteiger partial charge in [-0.3, -0.25) is 0 Å². The number of piperidine rings is 1. The van der Waals surface area contributed by atoms with Crippen molar-refractivity contribution in [1.82, 2.24) is 14.5 Å². The van der Waals surface area contributed by atoms with E-state index in [1.807, 2.05) is 20.8 Å². The number of aliphatic hydroxyl groups excluding tert-OH is 1. The number of hydrogen-bond acceptors (Lipinski definition) is 6. The molecule has 0 aliphatic carbocycles. The third kappa shape index (κ3) is 5.58. The Labute approximate surface area is 201 Å². The second-order valence-corrected chi connectivity index (χ2v) is 12.5. The van der Waals surface area contributed by atoms with Crippen molar-refractivity contribution < 1.29 is 24.7 Å². The number of likely N-dealkylation sites (tertiary alicyclic amines) is 2. The average molecular weight is 508 g/mol. The SMILES string of the molecule is CC(C)(C)[S@+]([O-])N[C@@H](c1cc(Cl)c(Cl)cc1O)C1CCN(C(=O)N2CC(O)(CO)C2)CC1. The molecule has 2 aliphatic heterocycles. The van der Waals surface area contributed by atoms with Crippen molar-refractivity contribution in [3.05, 3.63) is 27.7 Å². The summed E-state index contributed by atoms with van der Waals surface area (Å²) in [6.07, 6.45) is 1.26. The van der Waals surface area contributed by atoms with E-state index in [1.165, 1.54) is 11.0 Å². The number of halogens is 2. The molecule has 0 bridgehead atoms. The number of nitrogens with zero attached hydrogens (tertiary/aromatic N) is 2. The number of phenols is 1. The summed E-state index contributed by atoms with van der Waals surface area (Å²) in [5.41, 5.74) is -0.677. The molecule has 2 amide bonds. The minimum absolute atomic E-state index is 0.000688. The minimum atomic E-state index is -1.39. The van der Waals surface area contributed by atoms with Gasteiger partial charge < -0.3 is 29.7 Å². The fourth-order valence-corrected chi connectivity index (χ4v) is 5.26. The van der Waals surface area contributed by atoms with Crippen LogP contribution in [0.5, 0.6) is 5.75 Å². The first-order chi connectivity index (χ1) is 14.8. The lowest BCUT2D eigenvalue weighted by molar-refractivity contribution is -0.111. The molecular weight excluding hydrogens is 477 g/mol. The van der Waals surface area contributed by atoms with Gasteiger partial charge >= 0.3 is 6.03 Å². The summed E-state index contributed by atoms with van der Waals surface area (Å²) in [7, 11) is 0.